The van der Waals surface area contributed by atoms with Crippen molar-refractivity contribution < 1.29 is 32.6 Å². The highest BCUT2D eigenvalue weighted by Gasteiger charge is 2.44. The monoisotopic (exact) mass is 658 g/mol. The summed E-state index contributed by atoms with van der Waals surface area (Å²) in [6, 6.07) is 16.6. The zero-order chi connectivity index (χ0) is 33.9. The minimum Gasteiger partial charge on any atom is -0.493 e. The van der Waals surface area contributed by atoms with Gasteiger partial charge in [0.1, 0.15) is 23.1 Å². The molecule has 0 saturated carbocycles. The van der Waals surface area contributed by atoms with Crippen LogP contribution in [0.4, 0.5) is 20.5 Å². The van der Waals surface area contributed by atoms with E-state index in [9.17, 15) is 18.8 Å². The Hall–Kier alpha value is -5.33. The van der Waals surface area contributed by atoms with Gasteiger partial charge in [0.15, 0.2) is 23.1 Å². The maximum absolute atomic E-state index is 15.3. The zero-order valence-electron chi connectivity index (χ0n) is 26.6. The normalized spacial score (nSPS) is 18.5. The van der Waals surface area contributed by atoms with Gasteiger partial charge in [-0.15, -0.1) is 0 Å². The predicted octanol–water partition coefficient (Wildman–Crippen LogP) is 3.50. The quantitative estimate of drug-likeness (QED) is 0.245. The number of piperazine rings is 1. The fourth-order valence-electron chi connectivity index (χ4n) is 6.58. The fraction of sp³-hybridized carbons (Fsp3) is 0.343. The smallest absolute Gasteiger partial charge is 0.230 e. The Bertz CT molecular complexity index is 1830. The highest BCUT2D eigenvalue weighted by Crippen LogP contribution is 2.38. The van der Waals surface area contributed by atoms with Crippen LogP contribution in [0.2, 0.25) is 0 Å². The van der Waals surface area contributed by atoms with E-state index in [4.69, 9.17) is 15.2 Å². The largest absolute Gasteiger partial charge is 0.493 e. The topological polar surface area (TPSA) is 140 Å². The van der Waals surface area contributed by atoms with Crippen LogP contribution in [-0.4, -0.2) is 79.4 Å². The number of ketones is 1. The van der Waals surface area contributed by atoms with Crippen molar-refractivity contribution in [1.29, 1.82) is 0 Å². The molecule has 2 aliphatic heterocycles. The average Bonchev–Trinajstić information content (AvgIpc) is 3.46. The number of ether oxygens (including phenoxy) is 2. The molecule has 2 aliphatic rings. The van der Waals surface area contributed by atoms with Crippen LogP contribution in [-0.2, 0) is 20.8 Å². The molecule has 0 radical (unpaired) electrons. The van der Waals surface area contributed by atoms with Crippen LogP contribution in [0.5, 0.6) is 11.5 Å². The van der Waals surface area contributed by atoms with E-state index in [2.05, 4.69) is 15.3 Å². The zero-order valence-corrected chi connectivity index (χ0v) is 26.6. The number of benzene rings is 3. The maximum Gasteiger partial charge on any atom is 0.230 e. The third-order valence-corrected chi connectivity index (χ3v) is 9.14. The van der Waals surface area contributed by atoms with Crippen LogP contribution in [0.15, 0.2) is 60.7 Å². The molecule has 0 spiro atoms. The molecule has 48 heavy (non-hydrogen) atoms. The Morgan fingerprint density at radius 2 is 1.71 bits per heavy atom. The summed E-state index contributed by atoms with van der Waals surface area (Å²) in [5.41, 5.74) is 7.65. The Labute approximate surface area is 276 Å². The molecule has 2 fully saturated rings. The number of carbonyl (C=O) groups is 3. The lowest BCUT2D eigenvalue weighted by molar-refractivity contribution is -0.138. The standard InChI is InChI=1S/C35H36F2N6O5/c1-47-26-17-25-30(29(37)32(26)48-2)40-35(41-33(25)38)43-14-12-42(13-15-43)27(44)18-24(21-8-10-23(36)11-9-21)31(45)28-22(19-39-34(28)46)16-20-6-4-3-5-7-20/h3-11,17,22,24,28H,12-16,18-19H2,1-2H3,(H,39,46)(H2,38,40,41)/t22?,24-,28-/m1/s1. The van der Waals surface area contributed by atoms with Gasteiger partial charge in [0.25, 0.3) is 0 Å². The van der Waals surface area contributed by atoms with Crippen molar-refractivity contribution in [2.45, 2.75) is 18.8 Å². The van der Waals surface area contributed by atoms with Crippen molar-refractivity contribution in [1.82, 2.24) is 20.2 Å². The van der Waals surface area contributed by atoms with E-state index in [1.807, 2.05) is 30.3 Å². The molecular weight excluding hydrogens is 622 g/mol. The van der Waals surface area contributed by atoms with E-state index in [-0.39, 0.29) is 77.2 Å². The molecule has 1 aromatic heterocycles. The molecule has 3 atom stereocenters. The van der Waals surface area contributed by atoms with Crippen molar-refractivity contribution in [2.24, 2.45) is 11.8 Å². The summed E-state index contributed by atoms with van der Waals surface area (Å²) >= 11 is 0. The summed E-state index contributed by atoms with van der Waals surface area (Å²) < 4.78 is 39.6. The van der Waals surface area contributed by atoms with Crippen LogP contribution in [0, 0.1) is 23.5 Å². The first-order valence-electron chi connectivity index (χ1n) is 15.7. The van der Waals surface area contributed by atoms with Gasteiger partial charge < -0.3 is 30.3 Å². The number of hydrogen-bond donors (Lipinski definition) is 2. The van der Waals surface area contributed by atoms with E-state index in [1.54, 1.807) is 9.80 Å². The van der Waals surface area contributed by atoms with Crippen LogP contribution < -0.4 is 25.4 Å². The van der Waals surface area contributed by atoms with Crippen molar-refractivity contribution in [3.8, 4) is 11.5 Å². The third kappa shape index (κ3) is 6.44. The number of rotatable bonds is 10. The first-order chi connectivity index (χ1) is 23.2. The lowest BCUT2D eigenvalue weighted by Gasteiger charge is -2.35. The molecule has 1 unspecified atom stereocenters. The Balaban J connectivity index is 1.18. The molecule has 3 aromatic carbocycles. The van der Waals surface area contributed by atoms with Gasteiger partial charge in [0, 0.05) is 44.5 Å². The van der Waals surface area contributed by atoms with Gasteiger partial charge in [-0.25, -0.2) is 13.8 Å². The Kier molecular flexibility index (Phi) is 9.37. The molecule has 3 N–H and O–H groups in total. The second-order valence-electron chi connectivity index (χ2n) is 12.0. The Morgan fingerprint density at radius 1 is 1.00 bits per heavy atom. The summed E-state index contributed by atoms with van der Waals surface area (Å²) in [5, 5.41) is 3.10. The average molecular weight is 659 g/mol. The number of anilines is 2. The number of aromatic nitrogens is 2. The molecule has 4 aromatic rings. The molecule has 3 heterocycles. The van der Waals surface area contributed by atoms with E-state index in [0.717, 1.165) is 5.56 Å². The first-order valence-corrected chi connectivity index (χ1v) is 15.7. The first kappa shape index (κ1) is 32.6. The van der Waals surface area contributed by atoms with Crippen molar-refractivity contribution in [3.63, 3.8) is 0 Å². The second-order valence-corrected chi connectivity index (χ2v) is 12.0. The lowest BCUT2D eigenvalue weighted by atomic mass is 9.78. The number of Topliss-reactive ketones (excluding diaryl/α,β-unsaturated/α-hetero) is 1. The molecule has 2 saturated heterocycles. The van der Waals surface area contributed by atoms with Crippen LogP contribution in [0.3, 0.4) is 0 Å². The Morgan fingerprint density at radius 3 is 2.38 bits per heavy atom. The van der Waals surface area contributed by atoms with Crippen LogP contribution >= 0.6 is 0 Å². The van der Waals surface area contributed by atoms with Crippen LogP contribution in [0.1, 0.15) is 23.5 Å². The second kappa shape index (κ2) is 13.8. The van der Waals surface area contributed by atoms with Crippen molar-refractivity contribution in [3.05, 3.63) is 83.4 Å². The van der Waals surface area contributed by atoms with Gasteiger partial charge >= 0.3 is 0 Å². The van der Waals surface area contributed by atoms with Gasteiger partial charge in [-0.05, 0) is 41.7 Å². The molecule has 250 valence electrons. The van der Waals surface area contributed by atoms with Crippen molar-refractivity contribution >= 4 is 40.3 Å². The van der Waals surface area contributed by atoms with Gasteiger partial charge in [-0.1, -0.05) is 42.5 Å². The number of nitrogen functional groups attached to an aromatic ring is 1. The number of nitrogens with two attached hydrogens (primary N) is 1. The number of carbonyl (C=O) groups excluding carboxylic acids is 3. The molecule has 11 nitrogen and oxygen atoms in total. The number of halogens is 2. The lowest BCUT2D eigenvalue weighted by Crippen LogP contribution is -2.50. The van der Waals surface area contributed by atoms with E-state index in [0.29, 0.717) is 31.6 Å². The fourth-order valence-corrected chi connectivity index (χ4v) is 6.58. The highest BCUT2D eigenvalue weighted by molar-refractivity contribution is 6.07. The number of methoxy groups -OCH3 is 2. The van der Waals surface area contributed by atoms with Gasteiger partial charge in [0.2, 0.25) is 17.8 Å². The molecule has 6 rings (SSSR count). The third-order valence-electron chi connectivity index (χ3n) is 9.14. The van der Waals surface area contributed by atoms with Gasteiger partial charge in [-0.2, -0.15) is 4.98 Å². The number of hydrogen-bond acceptors (Lipinski definition) is 9. The van der Waals surface area contributed by atoms with Gasteiger partial charge in [-0.3, -0.25) is 14.4 Å². The summed E-state index contributed by atoms with van der Waals surface area (Å²) in [6.45, 7) is 1.55. The van der Waals surface area contributed by atoms with E-state index in [1.165, 1.54) is 44.6 Å². The maximum atomic E-state index is 15.3. The summed E-state index contributed by atoms with van der Waals surface area (Å²) in [5.74, 6) is -4.05. The van der Waals surface area contributed by atoms with Crippen LogP contribution in [0.25, 0.3) is 10.9 Å². The van der Waals surface area contributed by atoms with Crippen molar-refractivity contribution in [2.75, 3.05) is 57.6 Å². The minimum atomic E-state index is -0.945. The number of amides is 2. The highest BCUT2D eigenvalue weighted by atomic mass is 19.1. The summed E-state index contributed by atoms with van der Waals surface area (Å²) in [6.07, 6.45) is 0.339. The molecule has 13 heteroatoms. The summed E-state index contributed by atoms with van der Waals surface area (Å²) in [4.78, 5) is 53.1. The molecule has 2 amide bonds. The summed E-state index contributed by atoms with van der Waals surface area (Å²) in [7, 11) is 2.72. The van der Waals surface area contributed by atoms with E-state index >= 15 is 4.39 Å². The minimum absolute atomic E-state index is 0.0178. The molecular formula is C35H36F2N6O5. The molecule has 0 aliphatic carbocycles. The predicted molar refractivity (Wildman–Crippen MR) is 175 cm³/mol. The van der Waals surface area contributed by atoms with Gasteiger partial charge in [0.05, 0.1) is 20.1 Å². The molecule has 0 bridgehead atoms. The number of nitrogens with one attached hydrogen (secondary N) is 1. The SMILES string of the molecule is COc1cc2c(N)nc(N3CCN(C(=O)C[C@@H](C(=O)[C@@H]4C(=O)NCC4Cc4ccccc4)c4ccc(F)cc4)CC3)nc2c(F)c1OC. The number of nitrogens with zero attached hydrogens (tertiary/aromatic N) is 4. The number of fused-ring (bicyclic) bond motifs is 1. The van der Waals surface area contributed by atoms with E-state index < -0.39 is 23.5 Å².